The summed E-state index contributed by atoms with van der Waals surface area (Å²) < 4.78 is 25.1. The number of rotatable bonds is 6. The van der Waals surface area contributed by atoms with Crippen LogP contribution in [0.4, 0.5) is 4.39 Å². The SMILES string of the molecule is Cc1ccc(Oc2ccc(F)cc2OCCN2CCCC2)cc1. The van der Waals surface area contributed by atoms with Gasteiger partial charge in [-0.15, -0.1) is 0 Å². The topological polar surface area (TPSA) is 21.7 Å². The first-order valence-corrected chi connectivity index (χ1v) is 8.10. The number of halogens is 1. The monoisotopic (exact) mass is 315 g/mol. The molecule has 0 bridgehead atoms. The Balaban J connectivity index is 1.65. The van der Waals surface area contributed by atoms with E-state index in [1.807, 2.05) is 31.2 Å². The Morgan fingerprint density at radius 1 is 1.00 bits per heavy atom. The smallest absolute Gasteiger partial charge is 0.169 e. The van der Waals surface area contributed by atoms with Gasteiger partial charge in [-0.25, -0.2) is 4.39 Å². The van der Waals surface area contributed by atoms with Crippen LogP contribution in [-0.4, -0.2) is 31.1 Å². The van der Waals surface area contributed by atoms with Crippen LogP contribution in [-0.2, 0) is 0 Å². The van der Waals surface area contributed by atoms with Crippen molar-refractivity contribution in [1.82, 2.24) is 4.90 Å². The molecule has 2 aromatic rings. The molecule has 1 heterocycles. The molecule has 0 atom stereocenters. The maximum Gasteiger partial charge on any atom is 0.169 e. The highest BCUT2D eigenvalue weighted by atomic mass is 19.1. The highest BCUT2D eigenvalue weighted by Gasteiger charge is 2.13. The van der Waals surface area contributed by atoms with E-state index in [-0.39, 0.29) is 5.82 Å². The summed E-state index contributed by atoms with van der Waals surface area (Å²) in [4.78, 5) is 2.36. The van der Waals surface area contributed by atoms with Gasteiger partial charge in [-0.2, -0.15) is 0 Å². The molecule has 3 nitrogen and oxygen atoms in total. The molecule has 23 heavy (non-hydrogen) atoms. The molecule has 0 unspecified atom stereocenters. The van der Waals surface area contributed by atoms with Crippen LogP contribution in [0.2, 0.25) is 0 Å². The van der Waals surface area contributed by atoms with Crippen molar-refractivity contribution in [3.63, 3.8) is 0 Å². The third kappa shape index (κ3) is 4.45. The maximum atomic E-state index is 13.5. The van der Waals surface area contributed by atoms with E-state index in [9.17, 15) is 4.39 Å². The number of likely N-dealkylation sites (tertiary alicyclic amines) is 1. The Morgan fingerprint density at radius 2 is 1.74 bits per heavy atom. The van der Waals surface area contributed by atoms with Crippen molar-refractivity contribution >= 4 is 0 Å². The van der Waals surface area contributed by atoms with E-state index < -0.39 is 0 Å². The maximum absolute atomic E-state index is 13.5. The van der Waals surface area contributed by atoms with Gasteiger partial charge >= 0.3 is 0 Å². The molecule has 0 aliphatic carbocycles. The summed E-state index contributed by atoms with van der Waals surface area (Å²) in [6.07, 6.45) is 2.50. The Morgan fingerprint density at radius 3 is 2.48 bits per heavy atom. The van der Waals surface area contributed by atoms with Crippen molar-refractivity contribution < 1.29 is 13.9 Å². The van der Waals surface area contributed by atoms with Gasteiger partial charge in [-0.05, 0) is 57.1 Å². The van der Waals surface area contributed by atoms with E-state index in [0.717, 1.165) is 19.6 Å². The molecule has 3 rings (SSSR count). The number of hydrogen-bond donors (Lipinski definition) is 0. The molecule has 1 aliphatic rings. The van der Waals surface area contributed by atoms with E-state index >= 15 is 0 Å². The van der Waals surface area contributed by atoms with Crippen LogP contribution in [0, 0.1) is 12.7 Å². The van der Waals surface area contributed by atoms with Crippen LogP contribution in [0.3, 0.4) is 0 Å². The van der Waals surface area contributed by atoms with Crippen molar-refractivity contribution in [1.29, 1.82) is 0 Å². The van der Waals surface area contributed by atoms with Crippen LogP contribution in [0.15, 0.2) is 42.5 Å². The minimum Gasteiger partial charge on any atom is -0.488 e. The first kappa shape index (κ1) is 15.8. The highest BCUT2D eigenvalue weighted by Crippen LogP contribution is 2.32. The lowest BCUT2D eigenvalue weighted by molar-refractivity contribution is 0.232. The number of benzene rings is 2. The molecule has 0 spiro atoms. The van der Waals surface area contributed by atoms with Gasteiger partial charge in [0.15, 0.2) is 11.5 Å². The third-order valence-electron chi connectivity index (χ3n) is 4.02. The molecular formula is C19H22FNO2. The standard InChI is InChI=1S/C19H22FNO2/c1-15-4-7-17(8-5-15)23-18-9-6-16(20)14-19(18)22-13-12-21-10-2-3-11-21/h4-9,14H,2-3,10-13H2,1H3. The third-order valence-corrected chi connectivity index (χ3v) is 4.02. The molecule has 122 valence electrons. The fourth-order valence-electron chi connectivity index (χ4n) is 2.70. The molecule has 0 amide bonds. The average Bonchev–Trinajstić information content (AvgIpc) is 3.05. The van der Waals surface area contributed by atoms with Gasteiger partial charge in [0.25, 0.3) is 0 Å². The van der Waals surface area contributed by atoms with E-state index in [0.29, 0.717) is 23.9 Å². The fourth-order valence-corrected chi connectivity index (χ4v) is 2.70. The lowest BCUT2D eigenvalue weighted by Gasteiger charge is -2.16. The fraction of sp³-hybridized carbons (Fsp3) is 0.368. The van der Waals surface area contributed by atoms with Gasteiger partial charge in [0, 0.05) is 12.6 Å². The molecular weight excluding hydrogens is 293 g/mol. The van der Waals surface area contributed by atoms with Gasteiger partial charge < -0.3 is 9.47 Å². The summed E-state index contributed by atoms with van der Waals surface area (Å²) in [6, 6.07) is 12.1. The van der Waals surface area contributed by atoms with E-state index in [2.05, 4.69) is 4.90 Å². The Labute approximate surface area is 136 Å². The van der Waals surface area contributed by atoms with Crippen molar-refractivity contribution in [2.24, 2.45) is 0 Å². The predicted molar refractivity (Wildman–Crippen MR) is 88.8 cm³/mol. The summed E-state index contributed by atoms with van der Waals surface area (Å²) in [6.45, 7) is 5.67. The van der Waals surface area contributed by atoms with Crippen molar-refractivity contribution in [3.05, 3.63) is 53.8 Å². The molecule has 1 aliphatic heterocycles. The molecule has 0 saturated carbocycles. The van der Waals surface area contributed by atoms with Gasteiger partial charge in [-0.1, -0.05) is 17.7 Å². The van der Waals surface area contributed by atoms with Gasteiger partial charge in [0.05, 0.1) is 0 Å². The lowest BCUT2D eigenvalue weighted by atomic mass is 10.2. The van der Waals surface area contributed by atoms with Crippen LogP contribution in [0.1, 0.15) is 18.4 Å². The zero-order chi connectivity index (χ0) is 16.1. The first-order chi connectivity index (χ1) is 11.2. The van der Waals surface area contributed by atoms with E-state index in [1.165, 1.54) is 30.5 Å². The van der Waals surface area contributed by atoms with E-state index in [4.69, 9.17) is 9.47 Å². The van der Waals surface area contributed by atoms with Crippen LogP contribution in [0.25, 0.3) is 0 Å². The quantitative estimate of drug-likeness (QED) is 0.788. The molecule has 1 fully saturated rings. The molecule has 1 saturated heterocycles. The Hall–Kier alpha value is -2.07. The summed E-state index contributed by atoms with van der Waals surface area (Å²) >= 11 is 0. The normalized spacial score (nSPS) is 14.9. The largest absolute Gasteiger partial charge is 0.488 e. The lowest BCUT2D eigenvalue weighted by Crippen LogP contribution is -2.25. The highest BCUT2D eigenvalue weighted by molar-refractivity contribution is 5.43. The second-order valence-corrected chi connectivity index (χ2v) is 5.90. The number of ether oxygens (including phenoxy) is 2. The average molecular weight is 315 g/mol. The van der Waals surface area contributed by atoms with Gasteiger partial charge in [0.1, 0.15) is 18.2 Å². The van der Waals surface area contributed by atoms with Crippen molar-refractivity contribution in [2.75, 3.05) is 26.2 Å². The summed E-state index contributed by atoms with van der Waals surface area (Å²) in [5, 5.41) is 0. The molecule has 0 radical (unpaired) electrons. The molecule has 0 N–H and O–H groups in total. The van der Waals surface area contributed by atoms with Crippen molar-refractivity contribution in [2.45, 2.75) is 19.8 Å². The number of nitrogens with zero attached hydrogens (tertiary/aromatic N) is 1. The predicted octanol–water partition coefficient (Wildman–Crippen LogP) is 4.40. The minimum atomic E-state index is -0.322. The summed E-state index contributed by atoms with van der Waals surface area (Å²) in [5.41, 5.74) is 1.17. The van der Waals surface area contributed by atoms with Crippen LogP contribution in [0.5, 0.6) is 17.2 Å². The second-order valence-electron chi connectivity index (χ2n) is 5.90. The summed E-state index contributed by atoms with van der Waals surface area (Å²) in [7, 11) is 0. The molecule has 0 aromatic heterocycles. The second kappa shape index (κ2) is 7.47. The van der Waals surface area contributed by atoms with Crippen molar-refractivity contribution in [3.8, 4) is 17.2 Å². The molecule has 4 heteroatoms. The molecule has 2 aromatic carbocycles. The summed E-state index contributed by atoms with van der Waals surface area (Å²) in [5.74, 6) is 1.38. The Kier molecular flexibility index (Phi) is 5.13. The van der Waals surface area contributed by atoms with Gasteiger partial charge in [-0.3, -0.25) is 4.90 Å². The van der Waals surface area contributed by atoms with Crippen LogP contribution >= 0.6 is 0 Å². The van der Waals surface area contributed by atoms with E-state index in [1.54, 1.807) is 6.07 Å². The zero-order valence-electron chi connectivity index (χ0n) is 13.4. The zero-order valence-corrected chi connectivity index (χ0v) is 13.4. The van der Waals surface area contributed by atoms with Gasteiger partial charge in [0.2, 0.25) is 0 Å². The number of hydrogen-bond acceptors (Lipinski definition) is 3. The Bertz CT molecular complexity index is 636. The minimum absolute atomic E-state index is 0.322. The van der Waals surface area contributed by atoms with Crippen LogP contribution < -0.4 is 9.47 Å². The number of aryl methyl sites for hydroxylation is 1. The first-order valence-electron chi connectivity index (χ1n) is 8.10.